The molecule has 1 fully saturated rings. The van der Waals surface area contributed by atoms with Crippen LogP contribution < -0.4 is 10.2 Å². The number of anilines is 2. The predicted octanol–water partition coefficient (Wildman–Crippen LogP) is 1.55. The molecule has 0 radical (unpaired) electrons. The van der Waals surface area contributed by atoms with Crippen LogP contribution in [0.1, 0.15) is 29.0 Å². The van der Waals surface area contributed by atoms with Gasteiger partial charge in [0.05, 0.1) is 5.41 Å². The summed E-state index contributed by atoms with van der Waals surface area (Å²) in [7, 11) is 1.63. The molecule has 28 heavy (non-hydrogen) atoms. The first kappa shape index (κ1) is 16.7. The lowest BCUT2D eigenvalue weighted by atomic mass is 9.73. The molecule has 0 atom stereocenters. The maximum Gasteiger partial charge on any atom is 0.372 e. The Balaban J connectivity index is 1.49. The molecule has 2 aliphatic heterocycles. The van der Waals surface area contributed by atoms with E-state index in [-0.39, 0.29) is 11.7 Å². The van der Waals surface area contributed by atoms with Crippen molar-refractivity contribution in [3.8, 4) is 0 Å². The molecule has 5 rings (SSSR count). The van der Waals surface area contributed by atoms with Gasteiger partial charge in [-0.1, -0.05) is 18.2 Å². The number of aromatic carboxylic acids is 1. The molecule has 1 saturated heterocycles. The topological polar surface area (TPSA) is 113 Å². The maximum atomic E-state index is 12.8. The predicted molar refractivity (Wildman–Crippen MR) is 101 cm³/mol. The zero-order chi connectivity index (χ0) is 19.5. The van der Waals surface area contributed by atoms with Crippen LogP contribution in [-0.4, -0.2) is 49.6 Å². The second kappa shape index (κ2) is 5.75. The lowest BCUT2D eigenvalue weighted by molar-refractivity contribution is -0.121. The third-order valence-electron chi connectivity index (χ3n) is 5.87. The van der Waals surface area contributed by atoms with E-state index < -0.39 is 11.4 Å². The van der Waals surface area contributed by atoms with E-state index in [1.807, 2.05) is 24.3 Å². The smallest absolute Gasteiger partial charge is 0.372 e. The number of aryl methyl sites for hydroxylation is 1. The first-order valence-electron chi connectivity index (χ1n) is 9.08. The van der Waals surface area contributed by atoms with Crippen LogP contribution in [0.15, 0.2) is 30.6 Å². The molecule has 3 aromatic rings. The Hall–Kier alpha value is -3.49. The molecule has 2 aromatic heterocycles. The van der Waals surface area contributed by atoms with Crippen LogP contribution in [-0.2, 0) is 17.3 Å². The van der Waals surface area contributed by atoms with Crippen molar-refractivity contribution < 1.29 is 14.7 Å². The summed E-state index contributed by atoms with van der Waals surface area (Å²) in [5.41, 5.74) is 2.37. The lowest BCUT2D eigenvalue weighted by Crippen LogP contribution is -2.46. The second-order valence-electron chi connectivity index (χ2n) is 7.24. The molecule has 9 nitrogen and oxygen atoms in total. The number of rotatable bonds is 2. The Bertz CT molecular complexity index is 1130. The van der Waals surface area contributed by atoms with Crippen LogP contribution in [0.4, 0.5) is 11.5 Å². The van der Waals surface area contributed by atoms with Gasteiger partial charge in [-0.3, -0.25) is 4.79 Å². The number of carbonyl (C=O) groups is 2. The van der Waals surface area contributed by atoms with E-state index in [4.69, 9.17) is 0 Å². The molecule has 0 saturated carbocycles. The van der Waals surface area contributed by atoms with Crippen molar-refractivity contribution in [2.75, 3.05) is 23.3 Å². The Kier molecular flexibility index (Phi) is 3.42. The number of nitrogens with zero attached hydrogens (tertiary/aromatic N) is 5. The van der Waals surface area contributed by atoms with Gasteiger partial charge in [-0.25, -0.2) is 19.7 Å². The van der Waals surface area contributed by atoms with Crippen molar-refractivity contribution in [3.05, 3.63) is 42.0 Å². The van der Waals surface area contributed by atoms with Gasteiger partial charge in [-0.05, 0) is 24.5 Å². The number of nitrogens with one attached hydrogen (secondary N) is 1. The molecule has 1 aromatic carbocycles. The van der Waals surface area contributed by atoms with Crippen molar-refractivity contribution in [3.63, 3.8) is 0 Å². The van der Waals surface area contributed by atoms with E-state index in [1.165, 1.54) is 10.9 Å². The van der Waals surface area contributed by atoms with Gasteiger partial charge in [0.25, 0.3) is 0 Å². The van der Waals surface area contributed by atoms with Crippen LogP contribution in [0.5, 0.6) is 0 Å². The molecule has 0 unspecified atom stereocenters. The number of carbonyl (C=O) groups excluding carboxylic acids is 1. The van der Waals surface area contributed by atoms with Crippen LogP contribution in [0.25, 0.3) is 11.2 Å². The Labute approximate surface area is 160 Å². The summed E-state index contributed by atoms with van der Waals surface area (Å²) in [6, 6.07) is 7.84. The van der Waals surface area contributed by atoms with E-state index in [2.05, 4.69) is 25.2 Å². The van der Waals surface area contributed by atoms with Gasteiger partial charge in [-0.15, -0.1) is 0 Å². The fraction of sp³-hybridized carbons (Fsp3) is 0.316. The van der Waals surface area contributed by atoms with Gasteiger partial charge >= 0.3 is 5.97 Å². The Morgan fingerprint density at radius 1 is 1.21 bits per heavy atom. The number of carboxylic acid groups (broad SMARTS) is 1. The van der Waals surface area contributed by atoms with Crippen molar-refractivity contribution >= 4 is 34.5 Å². The number of imidazole rings is 1. The summed E-state index contributed by atoms with van der Waals surface area (Å²) in [6.45, 7) is 1.24. The molecule has 0 aliphatic carbocycles. The third kappa shape index (κ3) is 2.16. The highest BCUT2D eigenvalue weighted by atomic mass is 16.4. The van der Waals surface area contributed by atoms with Gasteiger partial charge in [0.15, 0.2) is 17.0 Å². The number of para-hydroxylation sites is 1. The van der Waals surface area contributed by atoms with E-state index in [0.29, 0.717) is 42.9 Å². The maximum absolute atomic E-state index is 12.8. The van der Waals surface area contributed by atoms with Gasteiger partial charge in [0.1, 0.15) is 6.33 Å². The van der Waals surface area contributed by atoms with Crippen LogP contribution >= 0.6 is 0 Å². The van der Waals surface area contributed by atoms with Crippen LogP contribution in [0.2, 0.25) is 0 Å². The summed E-state index contributed by atoms with van der Waals surface area (Å²) in [4.78, 5) is 39.0. The van der Waals surface area contributed by atoms with Crippen molar-refractivity contribution in [2.24, 2.45) is 7.05 Å². The Morgan fingerprint density at radius 3 is 2.71 bits per heavy atom. The van der Waals surface area contributed by atoms with E-state index in [0.717, 1.165) is 11.3 Å². The zero-order valence-corrected chi connectivity index (χ0v) is 15.2. The zero-order valence-electron chi connectivity index (χ0n) is 15.2. The summed E-state index contributed by atoms with van der Waals surface area (Å²) in [5.74, 6) is -0.528. The summed E-state index contributed by atoms with van der Waals surface area (Å²) in [5, 5.41) is 12.3. The van der Waals surface area contributed by atoms with Gasteiger partial charge < -0.3 is 19.9 Å². The number of amides is 1. The van der Waals surface area contributed by atoms with Gasteiger partial charge in [0.2, 0.25) is 11.7 Å². The molecule has 1 amide bonds. The van der Waals surface area contributed by atoms with Gasteiger partial charge in [0, 0.05) is 25.8 Å². The van der Waals surface area contributed by atoms with Crippen molar-refractivity contribution in [1.29, 1.82) is 0 Å². The molecular weight excluding hydrogens is 360 g/mol. The lowest BCUT2D eigenvalue weighted by Gasteiger charge is -2.38. The highest BCUT2D eigenvalue weighted by Gasteiger charge is 2.48. The SMILES string of the molecule is Cn1c(C(=O)O)nc2c(N3CCC4(CC3)C(=O)Nc3ccccc34)ncnc21. The highest BCUT2D eigenvalue weighted by molar-refractivity contribution is 6.06. The number of hydrogen-bond donors (Lipinski definition) is 2. The van der Waals surface area contributed by atoms with E-state index in [9.17, 15) is 14.7 Å². The number of fused-ring (bicyclic) bond motifs is 3. The molecule has 2 N–H and O–H groups in total. The fourth-order valence-corrected chi connectivity index (χ4v) is 4.38. The van der Waals surface area contributed by atoms with Crippen molar-refractivity contribution in [1.82, 2.24) is 19.5 Å². The number of aromatic nitrogens is 4. The van der Waals surface area contributed by atoms with E-state index >= 15 is 0 Å². The van der Waals surface area contributed by atoms with Crippen LogP contribution in [0, 0.1) is 0 Å². The number of benzene rings is 1. The minimum atomic E-state index is -1.11. The molecule has 4 heterocycles. The molecule has 9 heteroatoms. The standard InChI is InChI=1S/C19H18N6O3/c1-24-14-13(23-16(24)17(26)27)15(21-10-20-14)25-8-6-19(7-9-25)11-4-2-3-5-12(11)22-18(19)28/h2-5,10H,6-9H2,1H3,(H,22,28)(H,26,27). The van der Waals surface area contributed by atoms with Gasteiger partial charge in [-0.2, -0.15) is 0 Å². The average molecular weight is 378 g/mol. The van der Waals surface area contributed by atoms with Crippen LogP contribution in [0.3, 0.4) is 0 Å². The minimum Gasteiger partial charge on any atom is -0.475 e. The quantitative estimate of drug-likeness (QED) is 0.695. The molecule has 2 aliphatic rings. The molecular formula is C19H18N6O3. The largest absolute Gasteiger partial charge is 0.475 e. The summed E-state index contributed by atoms with van der Waals surface area (Å²) in [6.07, 6.45) is 2.73. The Morgan fingerprint density at radius 2 is 1.96 bits per heavy atom. The second-order valence-corrected chi connectivity index (χ2v) is 7.24. The number of piperidine rings is 1. The number of hydrogen-bond acceptors (Lipinski definition) is 6. The summed E-state index contributed by atoms with van der Waals surface area (Å²) >= 11 is 0. The van der Waals surface area contributed by atoms with Crippen molar-refractivity contribution in [2.45, 2.75) is 18.3 Å². The average Bonchev–Trinajstić information content (AvgIpc) is 3.18. The molecule has 1 spiro atoms. The fourth-order valence-electron chi connectivity index (χ4n) is 4.38. The molecule has 142 valence electrons. The first-order chi connectivity index (χ1) is 13.5. The normalized spacial score (nSPS) is 17.8. The highest BCUT2D eigenvalue weighted by Crippen LogP contribution is 2.45. The third-order valence-corrected chi connectivity index (χ3v) is 5.87. The monoisotopic (exact) mass is 378 g/mol. The molecule has 0 bridgehead atoms. The number of carboxylic acids is 1. The minimum absolute atomic E-state index is 0.0483. The first-order valence-corrected chi connectivity index (χ1v) is 9.08. The van der Waals surface area contributed by atoms with E-state index in [1.54, 1.807) is 7.05 Å². The summed E-state index contributed by atoms with van der Waals surface area (Å²) < 4.78 is 1.45.